The van der Waals surface area contributed by atoms with Crippen molar-refractivity contribution in [1.29, 1.82) is 0 Å². The van der Waals surface area contributed by atoms with Crippen molar-refractivity contribution in [2.24, 2.45) is 29.5 Å². The summed E-state index contributed by atoms with van der Waals surface area (Å²) in [4.78, 5) is 23.5. The Balaban J connectivity index is 1.36. The van der Waals surface area contributed by atoms with Crippen LogP contribution in [0, 0.1) is 23.7 Å². The Morgan fingerprint density at radius 3 is 2.87 bits per heavy atom. The number of nitrogens with one attached hydrogen (secondary N) is 1. The van der Waals surface area contributed by atoms with Crippen LogP contribution in [0.5, 0.6) is 0 Å². The van der Waals surface area contributed by atoms with E-state index < -0.39 is 29.9 Å². The first-order valence-corrected chi connectivity index (χ1v) is 10.8. The molecule has 4 saturated heterocycles. The Bertz CT molecular complexity index is 815. The highest BCUT2D eigenvalue weighted by Crippen LogP contribution is 2.60. The van der Waals surface area contributed by atoms with Gasteiger partial charge in [-0.3, -0.25) is 10.2 Å². The minimum Gasteiger partial charge on any atom is -0.453 e. The van der Waals surface area contributed by atoms with Gasteiger partial charge in [0.2, 0.25) is 5.79 Å². The average Bonchev–Trinajstić information content (AvgIpc) is 3.09. The minimum absolute atomic E-state index is 0.0766. The van der Waals surface area contributed by atoms with Crippen LogP contribution in [0.25, 0.3) is 0 Å². The third-order valence-corrected chi connectivity index (χ3v) is 7.50. The van der Waals surface area contributed by atoms with Crippen molar-refractivity contribution in [2.75, 3.05) is 0 Å². The van der Waals surface area contributed by atoms with Gasteiger partial charge in [-0.05, 0) is 50.2 Å². The van der Waals surface area contributed by atoms with Crippen molar-refractivity contribution in [3.05, 3.63) is 23.7 Å². The van der Waals surface area contributed by atoms with E-state index in [0.29, 0.717) is 17.6 Å². The number of ether oxygens (including phenoxy) is 3. The summed E-state index contributed by atoms with van der Waals surface area (Å²) in [5.74, 6) is 5.61. The van der Waals surface area contributed by atoms with Crippen LogP contribution in [0.4, 0.5) is 0 Å². The van der Waals surface area contributed by atoms with Crippen LogP contribution in [0.2, 0.25) is 0 Å². The Hall–Kier alpha value is -1.49. The molecule has 0 aromatic carbocycles. The van der Waals surface area contributed by atoms with Gasteiger partial charge < -0.3 is 18.6 Å². The summed E-state index contributed by atoms with van der Waals surface area (Å²) in [6, 6.07) is 3.26. The number of carbonyl (C=O) groups is 1. The first-order chi connectivity index (χ1) is 14.4. The largest absolute Gasteiger partial charge is 0.453 e. The predicted molar refractivity (Wildman–Crippen MR) is 102 cm³/mol. The normalized spacial score (nSPS) is 44.9. The zero-order valence-corrected chi connectivity index (χ0v) is 17.6. The van der Waals surface area contributed by atoms with E-state index in [1.165, 1.54) is 0 Å². The van der Waals surface area contributed by atoms with E-state index >= 15 is 0 Å². The van der Waals surface area contributed by atoms with Crippen LogP contribution in [-0.2, 0) is 30.6 Å². The lowest BCUT2D eigenvalue weighted by Gasteiger charge is -2.60. The molecule has 5 fully saturated rings. The first-order valence-electron chi connectivity index (χ1n) is 10.8. The molecule has 1 aliphatic carbocycles. The standard InChI is InChI=1S/C21H30N2O7/c1-11-4-6-15-12(2)18(25-10-13-5-7-16(26-13)17(24)23-22)27-19-21(15)14(11)8-9-20(3,28-19)29-30-21/h5,7,11-12,14-15,18-19H,4,6,8-10,22H2,1-3H3,(H,23,24)/t11-,12-,14?,15?,18?,19?,20+,21-/m1/s1. The van der Waals surface area contributed by atoms with E-state index in [1.54, 1.807) is 12.1 Å². The highest BCUT2D eigenvalue weighted by atomic mass is 17.3. The molecular formula is C21H30N2O7. The van der Waals surface area contributed by atoms with Crippen LogP contribution in [-0.4, -0.2) is 29.9 Å². The number of carbonyl (C=O) groups excluding carboxylic acids is 1. The Morgan fingerprint density at radius 2 is 2.07 bits per heavy atom. The fourth-order valence-corrected chi connectivity index (χ4v) is 5.88. The lowest BCUT2D eigenvalue weighted by molar-refractivity contribution is -0.577. The van der Waals surface area contributed by atoms with E-state index in [9.17, 15) is 4.79 Å². The van der Waals surface area contributed by atoms with Crippen molar-refractivity contribution in [2.45, 2.75) is 77.0 Å². The number of fused-ring (bicyclic) bond motifs is 2. The molecule has 1 aromatic rings. The molecule has 1 aromatic heterocycles. The molecule has 9 nitrogen and oxygen atoms in total. The maximum Gasteiger partial charge on any atom is 0.300 e. The van der Waals surface area contributed by atoms with Gasteiger partial charge in [0.15, 0.2) is 23.9 Å². The zero-order valence-electron chi connectivity index (χ0n) is 17.6. The molecule has 4 unspecified atom stereocenters. The van der Waals surface area contributed by atoms with Gasteiger partial charge in [0.25, 0.3) is 0 Å². The fourth-order valence-electron chi connectivity index (χ4n) is 5.88. The maximum absolute atomic E-state index is 11.6. The number of furan rings is 1. The molecule has 5 heterocycles. The second-order valence-electron chi connectivity index (χ2n) is 9.32. The lowest BCUT2D eigenvalue weighted by Crippen LogP contribution is -2.70. The third kappa shape index (κ3) is 3.03. The molecular weight excluding hydrogens is 392 g/mol. The molecule has 2 bridgehead atoms. The predicted octanol–water partition coefficient (Wildman–Crippen LogP) is 2.61. The van der Waals surface area contributed by atoms with Crippen LogP contribution in [0.3, 0.4) is 0 Å². The van der Waals surface area contributed by atoms with Crippen molar-refractivity contribution >= 4 is 5.91 Å². The summed E-state index contributed by atoms with van der Waals surface area (Å²) >= 11 is 0. The lowest BCUT2D eigenvalue weighted by atomic mass is 9.58. The topological polar surface area (TPSA) is 114 Å². The molecule has 30 heavy (non-hydrogen) atoms. The summed E-state index contributed by atoms with van der Waals surface area (Å²) in [6.45, 7) is 6.50. The van der Waals surface area contributed by atoms with Crippen LogP contribution in [0.1, 0.15) is 62.8 Å². The number of nitrogens with two attached hydrogens (primary N) is 1. The number of hydrazine groups is 1. The summed E-state index contributed by atoms with van der Waals surface area (Å²) in [5, 5.41) is 0. The molecule has 166 valence electrons. The Morgan fingerprint density at radius 1 is 1.23 bits per heavy atom. The van der Waals surface area contributed by atoms with E-state index in [1.807, 2.05) is 12.3 Å². The quantitative estimate of drug-likeness (QED) is 0.329. The molecule has 6 rings (SSSR count). The monoisotopic (exact) mass is 422 g/mol. The number of hydrogen-bond acceptors (Lipinski definition) is 8. The highest BCUT2D eigenvalue weighted by Gasteiger charge is 2.69. The molecule has 9 heteroatoms. The van der Waals surface area contributed by atoms with E-state index in [-0.39, 0.29) is 24.2 Å². The smallest absolute Gasteiger partial charge is 0.300 e. The van der Waals surface area contributed by atoms with Crippen LogP contribution < -0.4 is 11.3 Å². The highest BCUT2D eigenvalue weighted by molar-refractivity contribution is 5.90. The van der Waals surface area contributed by atoms with Gasteiger partial charge in [-0.1, -0.05) is 13.8 Å². The third-order valence-electron chi connectivity index (χ3n) is 7.50. The maximum atomic E-state index is 11.6. The van der Waals surface area contributed by atoms with Gasteiger partial charge in [-0.15, -0.1) is 0 Å². The fraction of sp³-hybridized carbons (Fsp3) is 0.762. The second kappa shape index (κ2) is 7.29. The SMILES string of the molecule is C[C@H]1C(OCc2ccc(C(=O)NN)o2)OC2O[C@]3(C)CCC4[C@H](C)CCC1[C@@]24OO3. The van der Waals surface area contributed by atoms with Gasteiger partial charge in [0.05, 0.1) is 0 Å². The first kappa shape index (κ1) is 20.4. The number of rotatable bonds is 4. The summed E-state index contributed by atoms with van der Waals surface area (Å²) in [6.07, 6.45) is 2.87. The van der Waals surface area contributed by atoms with Gasteiger partial charge >= 0.3 is 5.91 Å². The molecule has 0 radical (unpaired) electrons. The van der Waals surface area contributed by atoms with Crippen molar-refractivity contribution < 1.29 is 33.2 Å². The molecule has 5 aliphatic rings. The second-order valence-corrected chi connectivity index (χ2v) is 9.32. The van der Waals surface area contributed by atoms with Crippen LogP contribution >= 0.6 is 0 Å². The number of amides is 1. The van der Waals surface area contributed by atoms with Crippen molar-refractivity contribution in [3.63, 3.8) is 0 Å². The van der Waals surface area contributed by atoms with Crippen molar-refractivity contribution in [3.8, 4) is 0 Å². The minimum atomic E-state index is -0.811. The summed E-state index contributed by atoms with van der Waals surface area (Å²) in [5.41, 5.74) is 1.44. The van der Waals surface area contributed by atoms with E-state index in [0.717, 1.165) is 25.7 Å². The number of hydrogen-bond donors (Lipinski definition) is 2. The Labute approximate surface area is 175 Å². The molecule has 3 N–H and O–H groups in total. The zero-order chi connectivity index (χ0) is 21.1. The van der Waals surface area contributed by atoms with Gasteiger partial charge in [0, 0.05) is 18.3 Å². The van der Waals surface area contributed by atoms with Gasteiger partial charge in [-0.25, -0.2) is 15.6 Å². The molecule has 1 saturated carbocycles. The van der Waals surface area contributed by atoms with E-state index in [4.69, 9.17) is 34.2 Å². The number of nitrogen functional groups attached to an aromatic ring is 1. The van der Waals surface area contributed by atoms with Crippen LogP contribution in [0.15, 0.2) is 16.5 Å². The molecule has 1 spiro atoms. The molecule has 8 atom stereocenters. The summed E-state index contributed by atoms with van der Waals surface area (Å²) in [7, 11) is 0. The van der Waals surface area contributed by atoms with Gasteiger partial charge in [0.1, 0.15) is 12.4 Å². The molecule has 4 aliphatic heterocycles. The Kier molecular flexibility index (Phi) is 4.96. The van der Waals surface area contributed by atoms with Crippen molar-refractivity contribution in [1.82, 2.24) is 5.43 Å². The average molecular weight is 422 g/mol. The molecule has 1 amide bonds. The van der Waals surface area contributed by atoms with E-state index in [2.05, 4.69) is 13.8 Å². The summed E-state index contributed by atoms with van der Waals surface area (Å²) < 4.78 is 24.3. The van der Waals surface area contributed by atoms with Gasteiger partial charge in [-0.2, -0.15) is 0 Å².